The third-order valence-electron chi connectivity index (χ3n) is 5.06. The highest BCUT2D eigenvalue weighted by molar-refractivity contribution is 7.47. The predicted molar refractivity (Wildman–Crippen MR) is 120 cm³/mol. The molecular formula is C22H49NO4P+. The van der Waals surface area contributed by atoms with Crippen LogP contribution in [0.4, 0.5) is 0 Å². The Balaban J connectivity index is 4.32. The molecule has 6 heteroatoms. The summed E-state index contributed by atoms with van der Waals surface area (Å²) in [7, 11) is 2.13. The summed E-state index contributed by atoms with van der Waals surface area (Å²) < 4.78 is 23.9. The minimum atomic E-state index is -3.98. The van der Waals surface area contributed by atoms with Crippen LogP contribution in [0.5, 0.6) is 0 Å². The summed E-state index contributed by atoms with van der Waals surface area (Å²) in [5.74, 6) is 0. The minimum absolute atomic E-state index is 0.169. The number of likely N-dealkylation sites (N-methyl/N-ethyl adjacent to an activating group) is 1. The summed E-state index contributed by atoms with van der Waals surface area (Å²) in [5, 5.41) is 0. The number of nitrogens with zero attached hydrogens (tertiary/aromatic N) is 1. The first-order valence-corrected chi connectivity index (χ1v) is 13.2. The van der Waals surface area contributed by atoms with E-state index in [0.717, 1.165) is 25.7 Å². The van der Waals surface area contributed by atoms with Gasteiger partial charge < -0.3 is 9.38 Å². The molecule has 0 amide bonds. The fourth-order valence-electron chi connectivity index (χ4n) is 3.20. The lowest BCUT2D eigenvalue weighted by atomic mass is 10.0. The van der Waals surface area contributed by atoms with Crippen LogP contribution in [0.2, 0.25) is 0 Å². The standard InChI is InChI=1S/C22H48NO4P/c1-6-8-10-12-14-16-18-22(19-17-15-13-11-9-7-2)27-28(24,25)26-21-20-23(3,4)5/h22H,6-21H2,1-5H3/p+1. The molecule has 170 valence electrons. The lowest BCUT2D eigenvalue weighted by Crippen LogP contribution is -2.37. The Morgan fingerprint density at radius 1 is 0.786 bits per heavy atom. The highest BCUT2D eigenvalue weighted by Gasteiger charge is 2.27. The number of quaternary nitrogens is 1. The van der Waals surface area contributed by atoms with Crippen molar-refractivity contribution in [1.29, 1.82) is 0 Å². The van der Waals surface area contributed by atoms with Crippen molar-refractivity contribution in [3.63, 3.8) is 0 Å². The molecule has 0 aliphatic heterocycles. The molecule has 0 fully saturated rings. The van der Waals surface area contributed by atoms with E-state index in [1.807, 2.05) is 21.1 Å². The molecule has 5 nitrogen and oxygen atoms in total. The summed E-state index contributed by atoms with van der Waals surface area (Å²) in [6, 6.07) is 0. The van der Waals surface area contributed by atoms with Gasteiger partial charge in [-0.25, -0.2) is 4.57 Å². The molecule has 0 spiro atoms. The fraction of sp³-hybridized carbons (Fsp3) is 1.00. The van der Waals surface area contributed by atoms with Crippen molar-refractivity contribution in [2.45, 2.75) is 110 Å². The van der Waals surface area contributed by atoms with Gasteiger partial charge in [0.1, 0.15) is 13.2 Å². The van der Waals surface area contributed by atoms with Gasteiger partial charge in [0, 0.05) is 0 Å². The Bertz CT molecular complexity index is 382. The first-order chi connectivity index (χ1) is 13.2. The predicted octanol–water partition coefficient (Wildman–Crippen LogP) is 6.70. The molecule has 1 N–H and O–H groups in total. The average Bonchev–Trinajstić information content (AvgIpc) is 2.59. The van der Waals surface area contributed by atoms with E-state index in [4.69, 9.17) is 9.05 Å². The van der Waals surface area contributed by atoms with Crippen LogP contribution in [0, 0.1) is 0 Å². The second-order valence-corrected chi connectivity index (χ2v) is 10.6. The SMILES string of the molecule is CCCCCCCCC(CCCCCCCC)OP(=O)(O)OCC[N+](C)(C)C. The Labute approximate surface area is 175 Å². The molecule has 0 aromatic rings. The molecule has 0 aliphatic rings. The highest BCUT2D eigenvalue weighted by atomic mass is 31.2. The van der Waals surface area contributed by atoms with E-state index < -0.39 is 7.82 Å². The van der Waals surface area contributed by atoms with Gasteiger partial charge in [0.25, 0.3) is 0 Å². The van der Waals surface area contributed by atoms with Crippen LogP contribution in [0.1, 0.15) is 104 Å². The Hall–Kier alpha value is 0.0700. The molecule has 0 saturated heterocycles. The topological polar surface area (TPSA) is 55.8 Å². The Morgan fingerprint density at radius 3 is 1.64 bits per heavy atom. The molecule has 0 radical (unpaired) electrons. The van der Waals surface area contributed by atoms with Crippen LogP contribution >= 0.6 is 7.82 Å². The van der Waals surface area contributed by atoms with Crippen LogP contribution in [-0.2, 0) is 13.6 Å². The molecule has 0 aromatic heterocycles. The molecule has 0 rings (SSSR count). The highest BCUT2D eigenvalue weighted by Crippen LogP contribution is 2.46. The van der Waals surface area contributed by atoms with E-state index in [1.165, 1.54) is 64.2 Å². The largest absolute Gasteiger partial charge is 0.472 e. The molecule has 0 heterocycles. The van der Waals surface area contributed by atoms with Gasteiger partial charge in [-0.15, -0.1) is 0 Å². The lowest BCUT2D eigenvalue weighted by molar-refractivity contribution is -0.870. The number of rotatable bonds is 20. The van der Waals surface area contributed by atoms with E-state index in [-0.39, 0.29) is 12.7 Å². The van der Waals surface area contributed by atoms with Crippen LogP contribution in [0.3, 0.4) is 0 Å². The Kier molecular flexibility index (Phi) is 16.9. The van der Waals surface area contributed by atoms with Gasteiger partial charge in [-0.3, -0.25) is 9.05 Å². The fourth-order valence-corrected chi connectivity index (χ4v) is 4.16. The number of phosphoric ester groups is 1. The van der Waals surface area contributed by atoms with E-state index >= 15 is 0 Å². The molecule has 28 heavy (non-hydrogen) atoms. The number of unbranched alkanes of at least 4 members (excludes halogenated alkanes) is 10. The maximum atomic E-state index is 12.4. The zero-order valence-electron chi connectivity index (χ0n) is 19.5. The van der Waals surface area contributed by atoms with Crippen LogP contribution in [0.25, 0.3) is 0 Å². The zero-order valence-corrected chi connectivity index (χ0v) is 20.4. The number of hydrogen-bond acceptors (Lipinski definition) is 3. The lowest BCUT2D eigenvalue weighted by Gasteiger charge is -2.25. The number of hydrogen-bond donors (Lipinski definition) is 1. The van der Waals surface area contributed by atoms with Crippen molar-refractivity contribution in [1.82, 2.24) is 0 Å². The first kappa shape index (κ1) is 28.1. The third kappa shape index (κ3) is 19.4. The molecule has 1 atom stereocenters. The van der Waals surface area contributed by atoms with Gasteiger partial charge in [-0.1, -0.05) is 90.9 Å². The van der Waals surface area contributed by atoms with E-state index in [9.17, 15) is 9.46 Å². The van der Waals surface area contributed by atoms with Crippen molar-refractivity contribution in [2.75, 3.05) is 34.3 Å². The second-order valence-electron chi connectivity index (χ2n) is 9.16. The summed E-state index contributed by atoms with van der Waals surface area (Å²) in [6.45, 7) is 5.36. The van der Waals surface area contributed by atoms with Gasteiger partial charge in [-0.2, -0.15) is 0 Å². The van der Waals surface area contributed by atoms with Gasteiger partial charge in [0.2, 0.25) is 0 Å². The quantitative estimate of drug-likeness (QED) is 0.135. The van der Waals surface area contributed by atoms with Gasteiger partial charge in [0.15, 0.2) is 0 Å². The van der Waals surface area contributed by atoms with Crippen molar-refractivity contribution < 1.29 is 23.0 Å². The maximum Gasteiger partial charge on any atom is 0.472 e. The second kappa shape index (κ2) is 16.8. The molecular weight excluding hydrogens is 373 g/mol. The van der Waals surface area contributed by atoms with Gasteiger partial charge >= 0.3 is 7.82 Å². The monoisotopic (exact) mass is 422 g/mol. The summed E-state index contributed by atoms with van der Waals surface area (Å²) in [6.07, 6.45) is 16.2. The minimum Gasteiger partial charge on any atom is -0.329 e. The summed E-state index contributed by atoms with van der Waals surface area (Å²) >= 11 is 0. The third-order valence-corrected chi connectivity index (χ3v) is 6.13. The van der Waals surface area contributed by atoms with E-state index in [1.54, 1.807) is 0 Å². The molecule has 0 bridgehead atoms. The molecule has 0 saturated carbocycles. The average molecular weight is 423 g/mol. The van der Waals surface area contributed by atoms with Crippen molar-refractivity contribution in [2.24, 2.45) is 0 Å². The van der Waals surface area contributed by atoms with Crippen molar-refractivity contribution in [3.8, 4) is 0 Å². The number of phosphoric acid groups is 1. The maximum absolute atomic E-state index is 12.4. The first-order valence-electron chi connectivity index (χ1n) is 11.7. The molecule has 1 unspecified atom stereocenters. The van der Waals surface area contributed by atoms with Crippen LogP contribution in [0.15, 0.2) is 0 Å². The van der Waals surface area contributed by atoms with Crippen LogP contribution in [-0.4, -0.2) is 49.8 Å². The molecule has 0 aliphatic carbocycles. The van der Waals surface area contributed by atoms with Crippen molar-refractivity contribution in [3.05, 3.63) is 0 Å². The Morgan fingerprint density at radius 2 is 1.21 bits per heavy atom. The summed E-state index contributed by atoms with van der Waals surface area (Å²) in [4.78, 5) is 10.1. The van der Waals surface area contributed by atoms with Crippen LogP contribution < -0.4 is 0 Å². The smallest absolute Gasteiger partial charge is 0.329 e. The van der Waals surface area contributed by atoms with Gasteiger partial charge in [-0.05, 0) is 12.8 Å². The van der Waals surface area contributed by atoms with E-state index in [0.29, 0.717) is 11.0 Å². The van der Waals surface area contributed by atoms with Crippen molar-refractivity contribution >= 4 is 7.82 Å². The van der Waals surface area contributed by atoms with Gasteiger partial charge in [0.05, 0.1) is 27.2 Å². The van der Waals surface area contributed by atoms with E-state index in [2.05, 4.69) is 13.8 Å². The molecule has 0 aromatic carbocycles. The normalized spacial score (nSPS) is 14.5. The summed E-state index contributed by atoms with van der Waals surface area (Å²) in [5.41, 5.74) is 0. The zero-order chi connectivity index (χ0) is 21.3.